The average Bonchev–Trinajstić information content (AvgIpc) is 2.87. The van der Waals surface area contributed by atoms with Gasteiger partial charge in [-0.3, -0.25) is 9.59 Å². The molecule has 2 amide bonds. The Morgan fingerprint density at radius 3 is 2.29 bits per heavy atom. The van der Waals surface area contributed by atoms with Gasteiger partial charge in [0.15, 0.2) is 11.5 Å². The first kappa shape index (κ1) is 17.8. The molecular weight excluding hydrogens is 328 g/mol. The van der Waals surface area contributed by atoms with Crippen LogP contribution >= 0.6 is 11.3 Å². The second-order valence-corrected chi connectivity index (χ2v) is 6.32. The summed E-state index contributed by atoms with van der Waals surface area (Å²) in [4.78, 5) is 25.6. The molecule has 128 valence electrons. The highest BCUT2D eigenvalue weighted by Crippen LogP contribution is 2.33. The Morgan fingerprint density at radius 2 is 1.71 bits per heavy atom. The Kier molecular flexibility index (Phi) is 5.46. The summed E-state index contributed by atoms with van der Waals surface area (Å²) in [5, 5.41) is 5.95. The van der Waals surface area contributed by atoms with E-state index in [9.17, 15) is 9.59 Å². The Morgan fingerprint density at radius 1 is 1.04 bits per heavy atom. The van der Waals surface area contributed by atoms with E-state index in [-0.39, 0.29) is 11.8 Å². The molecule has 1 aromatic carbocycles. The van der Waals surface area contributed by atoms with Crippen molar-refractivity contribution in [1.29, 1.82) is 0 Å². The van der Waals surface area contributed by atoms with E-state index >= 15 is 0 Å². The summed E-state index contributed by atoms with van der Waals surface area (Å²) < 4.78 is 10.4. The van der Waals surface area contributed by atoms with E-state index in [0.29, 0.717) is 27.6 Å². The van der Waals surface area contributed by atoms with Crippen molar-refractivity contribution in [1.82, 2.24) is 5.32 Å². The first-order chi connectivity index (χ1) is 11.4. The molecule has 0 spiro atoms. The predicted molar refractivity (Wildman–Crippen MR) is 94.7 cm³/mol. The number of benzene rings is 1. The van der Waals surface area contributed by atoms with Crippen LogP contribution < -0.4 is 20.1 Å². The van der Waals surface area contributed by atoms with Gasteiger partial charge < -0.3 is 20.1 Å². The lowest BCUT2D eigenvalue weighted by Crippen LogP contribution is -2.21. The molecule has 0 unspecified atom stereocenters. The zero-order valence-electron chi connectivity index (χ0n) is 14.3. The highest BCUT2D eigenvalue weighted by atomic mass is 32.1. The molecule has 0 aliphatic heterocycles. The summed E-state index contributed by atoms with van der Waals surface area (Å²) in [5.41, 5.74) is 1.77. The van der Waals surface area contributed by atoms with Gasteiger partial charge in [0.25, 0.3) is 11.8 Å². The summed E-state index contributed by atoms with van der Waals surface area (Å²) in [5.74, 6) is 0.472. The zero-order chi connectivity index (χ0) is 17.9. The number of thiophene rings is 1. The van der Waals surface area contributed by atoms with E-state index < -0.39 is 0 Å². The quantitative estimate of drug-likeness (QED) is 0.871. The molecule has 24 heavy (non-hydrogen) atoms. The fraction of sp³-hybridized carbons (Fsp3) is 0.294. The number of methoxy groups -OCH3 is 2. The molecule has 0 saturated carbocycles. The van der Waals surface area contributed by atoms with Crippen LogP contribution in [-0.4, -0.2) is 33.1 Å². The molecule has 2 rings (SSSR count). The fourth-order valence-corrected chi connectivity index (χ4v) is 3.32. The molecule has 1 aromatic heterocycles. The smallest absolute Gasteiger partial charge is 0.256 e. The summed E-state index contributed by atoms with van der Waals surface area (Å²) in [6, 6.07) is 4.91. The first-order valence-corrected chi connectivity index (χ1v) is 8.10. The number of carbonyl (C=O) groups excluding carboxylic acids is 2. The van der Waals surface area contributed by atoms with Crippen molar-refractivity contribution in [2.24, 2.45) is 0 Å². The molecule has 0 bridgehead atoms. The first-order valence-electron chi connectivity index (χ1n) is 7.28. The highest BCUT2D eigenvalue weighted by Gasteiger charge is 2.21. The number of amides is 2. The molecule has 1 heterocycles. The van der Waals surface area contributed by atoms with Crippen LogP contribution in [0, 0.1) is 13.8 Å². The van der Waals surface area contributed by atoms with Gasteiger partial charge in [-0.25, -0.2) is 0 Å². The van der Waals surface area contributed by atoms with E-state index in [2.05, 4.69) is 10.6 Å². The normalized spacial score (nSPS) is 10.2. The minimum atomic E-state index is -0.317. The predicted octanol–water partition coefficient (Wildman–Crippen LogP) is 2.99. The van der Waals surface area contributed by atoms with Gasteiger partial charge in [-0.15, -0.1) is 11.3 Å². The van der Waals surface area contributed by atoms with Gasteiger partial charge in [-0.05, 0) is 37.6 Å². The highest BCUT2D eigenvalue weighted by molar-refractivity contribution is 7.16. The Bertz CT molecular complexity index is 783. The van der Waals surface area contributed by atoms with E-state index in [1.54, 1.807) is 25.2 Å². The number of ether oxygens (including phenoxy) is 2. The Hall–Kier alpha value is -2.54. The van der Waals surface area contributed by atoms with Gasteiger partial charge in [0.2, 0.25) is 0 Å². The van der Waals surface area contributed by atoms with Gasteiger partial charge in [0.05, 0.1) is 19.8 Å². The molecule has 2 aromatic rings. The van der Waals surface area contributed by atoms with E-state index in [4.69, 9.17) is 9.47 Å². The van der Waals surface area contributed by atoms with Crippen LogP contribution in [-0.2, 0) is 0 Å². The molecule has 0 atom stereocenters. The van der Waals surface area contributed by atoms with Crippen LogP contribution in [0.15, 0.2) is 18.2 Å². The lowest BCUT2D eigenvalue weighted by Gasteiger charge is -2.10. The average molecular weight is 348 g/mol. The molecule has 0 saturated heterocycles. The van der Waals surface area contributed by atoms with Gasteiger partial charge in [-0.1, -0.05) is 0 Å². The maximum Gasteiger partial charge on any atom is 0.256 e. The van der Waals surface area contributed by atoms with Crippen LogP contribution in [0.5, 0.6) is 11.5 Å². The van der Waals surface area contributed by atoms with Crippen LogP contribution in [0.2, 0.25) is 0 Å². The van der Waals surface area contributed by atoms with Gasteiger partial charge in [-0.2, -0.15) is 0 Å². The maximum absolute atomic E-state index is 12.5. The lowest BCUT2D eigenvalue weighted by atomic mass is 10.1. The minimum Gasteiger partial charge on any atom is -0.493 e. The van der Waals surface area contributed by atoms with Crippen molar-refractivity contribution in [3.63, 3.8) is 0 Å². The van der Waals surface area contributed by atoms with Crippen LogP contribution in [0.25, 0.3) is 0 Å². The maximum atomic E-state index is 12.5. The summed E-state index contributed by atoms with van der Waals surface area (Å²) in [6.07, 6.45) is 0. The number of aryl methyl sites for hydroxylation is 1. The number of carbonyl (C=O) groups is 2. The lowest BCUT2D eigenvalue weighted by molar-refractivity contribution is 0.0963. The number of hydrogen-bond donors (Lipinski definition) is 2. The van der Waals surface area contributed by atoms with E-state index in [1.165, 1.54) is 25.6 Å². The molecular formula is C17H20N2O4S. The fourth-order valence-electron chi connectivity index (χ4n) is 2.27. The largest absolute Gasteiger partial charge is 0.493 e. The Labute approximate surface area is 144 Å². The molecule has 7 heteroatoms. The van der Waals surface area contributed by atoms with Gasteiger partial charge in [0.1, 0.15) is 5.00 Å². The van der Waals surface area contributed by atoms with Crippen LogP contribution in [0.1, 0.15) is 31.2 Å². The molecule has 0 radical (unpaired) electrons. The SMILES string of the molecule is CNC(=O)c1c(NC(=O)c2ccc(OC)c(OC)c2)sc(C)c1C. The third kappa shape index (κ3) is 3.35. The van der Waals surface area contributed by atoms with Crippen molar-refractivity contribution < 1.29 is 19.1 Å². The third-order valence-electron chi connectivity index (χ3n) is 3.71. The van der Waals surface area contributed by atoms with Gasteiger partial charge in [0, 0.05) is 17.5 Å². The van der Waals surface area contributed by atoms with E-state index in [1.807, 2.05) is 13.8 Å². The van der Waals surface area contributed by atoms with Crippen molar-refractivity contribution in [3.8, 4) is 11.5 Å². The molecule has 6 nitrogen and oxygen atoms in total. The van der Waals surface area contributed by atoms with Gasteiger partial charge >= 0.3 is 0 Å². The number of anilines is 1. The van der Waals surface area contributed by atoms with Crippen molar-refractivity contribution in [2.75, 3.05) is 26.6 Å². The monoisotopic (exact) mass is 348 g/mol. The number of hydrogen-bond acceptors (Lipinski definition) is 5. The summed E-state index contributed by atoms with van der Waals surface area (Å²) in [6.45, 7) is 3.78. The molecule has 2 N–H and O–H groups in total. The van der Waals surface area contributed by atoms with Crippen molar-refractivity contribution >= 4 is 28.2 Å². The number of nitrogens with one attached hydrogen (secondary N) is 2. The zero-order valence-corrected chi connectivity index (χ0v) is 15.1. The second-order valence-electron chi connectivity index (χ2n) is 5.09. The number of rotatable bonds is 5. The van der Waals surface area contributed by atoms with Crippen LogP contribution in [0.3, 0.4) is 0 Å². The molecule has 0 aliphatic carbocycles. The van der Waals surface area contributed by atoms with E-state index in [0.717, 1.165) is 10.4 Å². The topological polar surface area (TPSA) is 76.7 Å². The minimum absolute atomic E-state index is 0.223. The summed E-state index contributed by atoms with van der Waals surface area (Å²) >= 11 is 1.38. The molecule has 0 fully saturated rings. The standard InChI is InChI=1S/C17H20N2O4S/c1-9-10(2)24-17(14(9)16(21)18-3)19-15(20)11-6-7-12(22-4)13(8-11)23-5/h6-8H,1-5H3,(H,18,21)(H,19,20). The summed E-state index contributed by atoms with van der Waals surface area (Å²) in [7, 11) is 4.61. The van der Waals surface area contributed by atoms with Crippen LogP contribution in [0.4, 0.5) is 5.00 Å². The molecule has 0 aliphatic rings. The second kappa shape index (κ2) is 7.35. The Balaban J connectivity index is 2.34. The van der Waals surface area contributed by atoms with Crippen molar-refractivity contribution in [2.45, 2.75) is 13.8 Å². The third-order valence-corrected chi connectivity index (χ3v) is 4.83. The van der Waals surface area contributed by atoms with Crippen molar-refractivity contribution in [3.05, 3.63) is 39.8 Å².